The van der Waals surface area contributed by atoms with Crippen LogP contribution < -0.4 is 20.3 Å². The second-order valence-electron chi connectivity index (χ2n) is 8.01. The summed E-state index contributed by atoms with van der Waals surface area (Å²) in [4.78, 5) is 23.4. The van der Waals surface area contributed by atoms with Gasteiger partial charge in [0.2, 0.25) is 11.9 Å². The number of nitrogens with one attached hydrogen (secondary N) is 2. The molecule has 0 unspecified atom stereocenters. The van der Waals surface area contributed by atoms with Crippen LogP contribution in [0.5, 0.6) is 5.75 Å². The molecule has 1 saturated heterocycles. The summed E-state index contributed by atoms with van der Waals surface area (Å²) in [5, 5.41) is 16.8. The van der Waals surface area contributed by atoms with E-state index >= 15 is 0 Å². The van der Waals surface area contributed by atoms with Gasteiger partial charge in [-0.3, -0.25) is 4.79 Å². The first-order chi connectivity index (χ1) is 17.7. The Morgan fingerprint density at radius 2 is 1.89 bits per heavy atom. The standard InChI is InChI=1S/C24H25N9O3/c1-35-22-14-19(6-7-21(22)32-10-12-36-13-11-32)28-24-25-9-8-20(29-24)17-2-4-18(5-3-17)27-23(34)15-33-16-26-30-31-33/h2-9,14,16H,10-13,15H2,1H3,(H,27,34)(H,25,28,29). The van der Waals surface area contributed by atoms with E-state index in [1.165, 1.54) is 11.0 Å². The maximum absolute atomic E-state index is 12.1. The zero-order chi connectivity index (χ0) is 24.7. The van der Waals surface area contributed by atoms with Gasteiger partial charge in [-0.2, -0.15) is 0 Å². The van der Waals surface area contributed by atoms with Crippen LogP contribution in [0.4, 0.5) is 23.0 Å². The molecule has 1 fully saturated rings. The maximum Gasteiger partial charge on any atom is 0.246 e. The van der Waals surface area contributed by atoms with Gasteiger partial charge < -0.3 is 25.0 Å². The summed E-state index contributed by atoms with van der Waals surface area (Å²) in [6, 6.07) is 15.2. The molecule has 5 rings (SSSR count). The lowest BCUT2D eigenvalue weighted by Crippen LogP contribution is -2.36. The van der Waals surface area contributed by atoms with Crippen LogP contribution >= 0.6 is 0 Å². The lowest BCUT2D eigenvalue weighted by molar-refractivity contribution is -0.116. The lowest BCUT2D eigenvalue weighted by atomic mass is 10.1. The van der Waals surface area contributed by atoms with E-state index in [4.69, 9.17) is 9.47 Å². The van der Waals surface area contributed by atoms with Crippen LogP contribution in [0.15, 0.2) is 61.1 Å². The van der Waals surface area contributed by atoms with Crippen molar-refractivity contribution in [1.82, 2.24) is 30.2 Å². The fourth-order valence-electron chi connectivity index (χ4n) is 3.85. The smallest absolute Gasteiger partial charge is 0.246 e. The van der Waals surface area contributed by atoms with Crippen molar-refractivity contribution >= 4 is 28.9 Å². The number of carbonyl (C=O) groups is 1. The molecule has 0 radical (unpaired) electrons. The number of hydrogen-bond acceptors (Lipinski definition) is 10. The van der Waals surface area contributed by atoms with E-state index < -0.39 is 0 Å². The minimum absolute atomic E-state index is 0.0356. The number of hydrogen-bond donors (Lipinski definition) is 2. The minimum Gasteiger partial charge on any atom is -0.495 e. The third kappa shape index (κ3) is 5.55. The molecule has 0 saturated carbocycles. The van der Waals surface area contributed by atoms with E-state index in [0.717, 1.165) is 41.5 Å². The Balaban J connectivity index is 1.25. The molecule has 1 aliphatic rings. The van der Waals surface area contributed by atoms with Crippen LogP contribution in [0.1, 0.15) is 0 Å². The van der Waals surface area contributed by atoms with Crippen molar-refractivity contribution in [1.29, 1.82) is 0 Å². The molecule has 1 amide bonds. The Labute approximate surface area is 207 Å². The Morgan fingerprint density at radius 3 is 2.64 bits per heavy atom. The Hall–Kier alpha value is -4.58. The average Bonchev–Trinajstić information content (AvgIpc) is 3.42. The molecular formula is C24H25N9O3. The van der Waals surface area contributed by atoms with Gasteiger partial charge in [-0.1, -0.05) is 12.1 Å². The van der Waals surface area contributed by atoms with Crippen molar-refractivity contribution in [3.63, 3.8) is 0 Å². The number of benzene rings is 2. The second kappa shape index (κ2) is 10.8. The summed E-state index contributed by atoms with van der Waals surface area (Å²) in [6.45, 7) is 3.11. The zero-order valence-electron chi connectivity index (χ0n) is 19.7. The van der Waals surface area contributed by atoms with Gasteiger partial charge in [0.05, 0.1) is 31.7 Å². The molecule has 1 aliphatic heterocycles. The average molecular weight is 488 g/mol. The van der Waals surface area contributed by atoms with Gasteiger partial charge in [0, 0.05) is 42.3 Å². The minimum atomic E-state index is -0.223. The highest BCUT2D eigenvalue weighted by molar-refractivity contribution is 5.90. The molecular weight excluding hydrogens is 462 g/mol. The van der Waals surface area contributed by atoms with Crippen molar-refractivity contribution in [3.8, 4) is 17.0 Å². The number of aromatic nitrogens is 6. The highest BCUT2D eigenvalue weighted by Gasteiger charge is 2.16. The first-order valence-corrected chi connectivity index (χ1v) is 11.4. The molecule has 12 nitrogen and oxygen atoms in total. The largest absolute Gasteiger partial charge is 0.495 e. The van der Waals surface area contributed by atoms with Gasteiger partial charge in [-0.15, -0.1) is 5.10 Å². The summed E-state index contributed by atoms with van der Waals surface area (Å²) in [6.07, 6.45) is 3.09. The van der Waals surface area contributed by atoms with Crippen molar-refractivity contribution in [3.05, 3.63) is 61.1 Å². The van der Waals surface area contributed by atoms with Crippen LogP contribution in [0.2, 0.25) is 0 Å². The third-order valence-corrected chi connectivity index (χ3v) is 5.60. The number of methoxy groups -OCH3 is 1. The fourth-order valence-corrected chi connectivity index (χ4v) is 3.85. The maximum atomic E-state index is 12.1. The van der Waals surface area contributed by atoms with E-state index in [2.05, 4.69) is 41.0 Å². The molecule has 0 bridgehead atoms. The summed E-state index contributed by atoms with van der Waals surface area (Å²) in [5.74, 6) is 1.02. The number of amides is 1. The molecule has 0 atom stereocenters. The Kier molecular flexibility index (Phi) is 6.94. The fraction of sp³-hybridized carbons (Fsp3) is 0.250. The summed E-state index contributed by atoms with van der Waals surface area (Å²) >= 11 is 0. The first-order valence-electron chi connectivity index (χ1n) is 11.4. The van der Waals surface area contributed by atoms with E-state index in [-0.39, 0.29) is 12.5 Å². The highest BCUT2D eigenvalue weighted by atomic mass is 16.5. The molecule has 4 aromatic rings. The van der Waals surface area contributed by atoms with Crippen LogP contribution in [0.3, 0.4) is 0 Å². The number of anilines is 4. The molecule has 0 spiro atoms. The van der Waals surface area contributed by atoms with Crippen molar-refractivity contribution < 1.29 is 14.3 Å². The zero-order valence-corrected chi connectivity index (χ0v) is 19.7. The molecule has 0 aliphatic carbocycles. The monoisotopic (exact) mass is 487 g/mol. The highest BCUT2D eigenvalue weighted by Crippen LogP contribution is 2.32. The number of tetrazole rings is 1. The SMILES string of the molecule is COc1cc(Nc2nccc(-c3ccc(NC(=O)Cn4cnnn4)cc3)n2)ccc1N1CCOCC1. The molecule has 12 heteroatoms. The summed E-state index contributed by atoms with van der Waals surface area (Å²) < 4.78 is 12.4. The summed E-state index contributed by atoms with van der Waals surface area (Å²) in [5.41, 5.74) is 4.15. The molecule has 36 heavy (non-hydrogen) atoms. The van der Waals surface area contributed by atoms with E-state index in [9.17, 15) is 4.79 Å². The van der Waals surface area contributed by atoms with Gasteiger partial charge in [-0.05, 0) is 40.8 Å². The van der Waals surface area contributed by atoms with Gasteiger partial charge in [0.15, 0.2) is 0 Å². The summed E-state index contributed by atoms with van der Waals surface area (Å²) in [7, 11) is 1.66. The van der Waals surface area contributed by atoms with Gasteiger partial charge in [0.1, 0.15) is 18.6 Å². The normalized spacial score (nSPS) is 13.3. The molecule has 184 valence electrons. The predicted molar refractivity (Wildman–Crippen MR) is 133 cm³/mol. The predicted octanol–water partition coefficient (Wildman–Crippen LogP) is 2.36. The van der Waals surface area contributed by atoms with Crippen LogP contribution in [0.25, 0.3) is 11.3 Å². The van der Waals surface area contributed by atoms with E-state index in [1.54, 1.807) is 13.3 Å². The quantitative estimate of drug-likeness (QED) is 0.382. The van der Waals surface area contributed by atoms with Crippen molar-refractivity contribution in [2.24, 2.45) is 0 Å². The molecule has 2 aromatic carbocycles. The van der Waals surface area contributed by atoms with Crippen molar-refractivity contribution in [2.45, 2.75) is 6.54 Å². The number of nitrogens with zero attached hydrogens (tertiary/aromatic N) is 7. The van der Waals surface area contributed by atoms with E-state index in [1.807, 2.05) is 48.5 Å². The number of carbonyl (C=O) groups excluding carboxylic acids is 1. The number of ether oxygens (including phenoxy) is 2. The van der Waals surface area contributed by atoms with Gasteiger partial charge in [-0.25, -0.2) is 14.6 Å². The van der Waals surface area contributed by atoms with Gasteiger partial charge in [0.25, 0.3) is 0 Å². The molecule has 2 aromatic heterocycles. The van der Waals surface area contributed by atoms with Crippen molar-refractivity contribution in [2.75, 3.05) is 48.9 Å². The second-order valence-corrected chi connectivity index (χ2v) is 8.01. The topological polar surface area (TPSA) is 132 Å². The first kappa shape index (κ1) is 23.2. The number of morpholine rings is 1. The molecule has 3 heterocycles. The third-order valence-electron chi connectivity index (χ3n) is 5.60. The van der Waals surface area contributed by atoms with E-state index in [0.29, 0.717) is 24.8 Å². The van der Waals surface area contributed by atoms with Crippen LogP contribution in [-0.4, -0.2) is 69.5 Å². The van der Waals surface area contributed by atoms with Gasteiger partial charge >= 0.3 is 0 Å². The lowest BCUT2D eigenvalue weighted by Gasteiger charge is -2.30. The Morgan fingerprint density at radius 1 is 1.08 bits per heavy atom. The molecule has 2 N–H and O–H groups in total. The number of rotatable bonds is 8. The van der Waals surface area contributed by atoms with Crippen LogP contribution in [0, 0.1) is 0 Å². The Bertz CT molecular complexity index is 1310. The van der Waals surface area contributed by atoms with Crippen LogP contribution in [-0.2, 0) is 16.1 Å².